The normalized spacial score (nSPS) is 12.2. The van der Waals surface area contributed by atoms with Gasteiger partial charge in [-0.15, -0.1) is 12.4 Å². The average Bonchev–Trinajstić information content (AvgIpc) is 3.32. The van der Waals surface area contributed by atoms with Gasteiger partial charge in [-0.3, -0.25) is 9.69 Å². The molecule has 9 nitrogen and oxygen atoms in total. The van der Waals surface area contributed by atoms with E-state index in [0.29, 0.717) is 40.5 Å². The van der Waals surface area contributed by atoms with Crippen LogP contribution in [0.25, 0.3) is 10.2 Å². The Bertz CT molecular complexity index is 1470. The number of unbranched alkanes of at least 4 members (excludes halogenated alkanes) is 1. The Hall–Kier alpha value is -2.09. The van der Waals surface area contributed by atoms with Crippen LogP contribution in [0.2, 0.25) is 0 Å². The summed E-state index contributed by atoms with van der Waals surface area (Å²) < 4.78 is 51.8. The minimum atomic E-state index is -3.65. The Morgan fingerprint density at radius 2 is 1.51 bits per heavy atom. The highest BCUT2D eigenvalue weighted by atomic mass is 35.5. The molecule has 0 N–H and O–H groups in total. The highest BCUT2D eigenvalue weighted by molar-refractivity contribution is 7.90. The largest absolute Gasteiger partial charge is 0.302 e. The number of sulfonamides is 1. The third-order valence-electron chi connectivity index (χ3n) is 6.42. The van der Waals surface area contributed by atoms with Crippen LogP contribution in [0.1, 0.15) is 44.0 Å². The SMILES string of the molecule is CCCCN(C)S(=O)(=O)c1ccc(C(=O)N(CCN(CC)CC)c2nc3ccc(S(C)(=O)=O)cc3s2)cc1.Cl. The van der Waals surface area contributed by atoms with Crippen molar-refractivity contribution in [3.05, 3.63) is 48.0 Å². The first-order valence-electron chi connectivity index (χ1n) is 12.6. The van der Waals surface area contributed by atoms with E-state index in [4.69, 9.17) is 0 Å². The van der Waals surface area contributed by atoms with E-state index in [1.54, 1.807) is 24.1 Å². The number of hydrogen-bond acceptors (Lipinski definition) is 8. The van der Waals surface area contributed by atoms with Crippen molar-refractivity contribution < 1.29 is 21.6 Å². The van der Waals surface area contributed by atoms with Gasteiger partial charge in [0.1, 0.15) is 0 Å². The number of rotatable bonds is 13. The Kier molecular flexibility index (Phi) is 11.9. The number of sulfone groups is 1. The average molecular weight is 617 g/mol. The minimum absolute atomic E-state index is 0. The van der Waals surface area contributed by atoms with Gasteiger partial charge in [0.25, 0.3) is 5.91 Å². The van der Waals surface area contributed by atoms with Crippen molar-refractivity contribution >= 4 is 64.9 Å². The molecule has 216 valence electrons. The van der Waals surface area contributed by atoms with Gasteiger partial charge in [0, 0.05) is 38.5 Å². The number of hydrogen-bond donors (Lipinski definition) is 0. The molecule has 0 saturated heterocycles. The lowest BCUT2D eigenvalue weighted by atomic mass is 10.2. The number of likely N-dealkylation sites (N-methyl/N-ethyl adjacent to an activating group) is 1. The number of carbonyl (C=O) groups is 1. The van der Waals surface area contributed by atoms with Crippen molar-refractivity contribution in [2.45, 2.75) is 43.4 Å². The fourth-order valence-corrected chi connectivity index (χ4v) is 6.87. The number of nitrogens with zero attached hydrogens (tertiary/aromatic N) is 4. The van der Waals surface area contributed by atoms with E-state index in [0.717, 1.165) is 32.2 Å². The van der Waals surface area contributed by atoms with Crippen molar-refractivity contribution in [2.75, 3.05) is 50.9 Å². The number of benzene rings is 2. The highest BCUT2D eigenvalue weighted by Gasteiger charge is 2.25. The van der Waals surface area contributed by atoms with Crippen molar-refractivity contribution in [3.8, 4) is 0 Å². The van der Waals surface area contributed by atoms with Gasteiger partial charge in [0.05, 0.1) is 20.0 Å². The number of fused-ring (bicyclic) bond motifs is 1. The zero-order valence-corrected chi connectivity index (χ0v) is 26.2. The molecule has 0 aliphatic carbocycles. The van der Waals surface area contributed by atoms with E-state index < -0.39 is 19.9 Å². The maximum atomic E-state index is 13.7. The summed E-state index contributed by atoms with van der Waals surface area (Å²) in [7, 11) is -5.47. The van der Waals surface area contributed by atoms with Crippen LogP contribution in [0.5, 0.6) is 0 Å². The minimum Gasteiger partial charge on any atom is -0.302 e. The van der Waals surface area contributed by atoms with Crippen LogP contribution in [0.4, 0.5) is 5.13 Å². The number of amides is 1. The molecule has 3 aromatic rings. The van der Waals surface area contributed by atoms with E-state index >= 15 is 0 Å². The fourth-order valence-electron chi connectivity index (χ4n) is 3.91. The topological polar surface area (TPSA) is 108 Å². The van der Waals surface area contributed by atoms with E-state index in [-0.39, 0.29) is 28.1 Å². The Balaban J connectivity index is 0.00000533. The summed E-state index contributed by atoms with van der Waals surface area (Å²) in [6.45, 7) is 9.19. The second-order valence-electron chi connectivity index (χ2n) is 9.09. The molecule has 0 spiro atoms. The van der Waals surface area contributed by atoms with Crippen LogP contribution >= 0.6 is 23.7 Å². The first kappa shape index (κ1) is 33.1. The van der Waals surface area contributed by atoms with Crippen LogP contribution < -0.4 is 4.90 Å². The summed E-state index contributed by atoms with van der Waals surface area (Å²) in [5, 5.41) is 0.457. The zero-order chi connectivity index (χ0) is 28.1. The summed E-state index contributed by atoms with van der Waals surface area (Å²) in [6, 6.07) is 10.7. The molecule has 0 atom stereocenters. The lowest BCUT2D eigenvalue weighted by molar-refractivity contribution is 0.0983. The molecule has 0 bridgehead atoms. The van der Waals surface area contributed by atoms with Crippen molar-refractivity contribution in [3.63, 3.8) is 0 Å². The van der Waals surface area contributed by atoms with E-state index in [1.807, 2.05) is 6.92 Å². The van der Waals surface area contributed by atoms with Crippen LogP contribution in [0.3, 0.4) is 0 Å². The van der Waals surface area contributed by atoms with Gasteiger partial charge >= 0.3 is 0 Å². The first-order chi connectivity index (χ1) is 17.9. The first-order valence-corrected chi connectivity index (χ1v) is 16.8. The number of anilines is 1. The summed E-state index contributed by atoms with van der Waals surface area (Å²) in [4.78, 5) is 22.4. The third kappa shape index (κ3) is 7.99. The van der Waals surface area contributed by atoms with Crippen molar-refractivity contribution in [2.24, 2.45) is 0 Å². The molecule has 13 heteroatoms. The van der Waals surface area contributed by atoms with Gasteiger partial charge in [-0.25, -0.2) is 26.1 Å². The quantitative estimate of drug-likeness (QED) is 0.278. The number of halogens is 1. The Morgan fingerprint density at radius 1 is 0.897 bits per heavy atom. The lowest BCUT2D eigenvalue weighted by Gasteiger charge is -2.25. The van der Waals surface area contributed by atoms with Gasteiger partial charge in [0.15, 0.2) is 15.0 Å². The van der Waals surface area contributed by atoms with Gasteiger partial charge in [0.2, 0.25) is 10.0 Å². The van der Waals surface area contributed by atoms with Crippen LogP contribution in [-0.4, -0.2) is 83.0 Å². The summed E-state index contributed by atoms with van der Waals surface area (Å²) in [5.74, 6) is -0.303. The Labute approximate surface area is 242 Å². The van der Waals surface area contributed by atoms with Crippen molar-refractivity contribution in [1.82, 2.24) is 14.2 Å². The zero-order valence-electron chi connectivity index (χ0n) is 23.0. The number of thiazole rings is 1. The molecule has 1 heterocycles. The molecule has 39 heavy (non-hydrogen) atoms. The van der Waals surface area contributed by atoms with Crippen molar-refractivity contribution in [1.29, 1.82) is 0 Å². The van der Waals surface area contributed by atoms with Gasteiger partial charge in [-0.1, -0.05) is 38.5 Å². The molecule has 1 amide bonds. The monoisotopic (exact) mass is 616 g/mol. The molecule has 3 rings (SSSR count). The second kappa shape index (κ2) is 14.0. The molecule has 0 aliphatic rings. The van der Waals surface area contributed by atoms with Gasteiger partial charge in [-0.05, 0) is 62.0 Å². The molecule has 0 saturated carbocycles. The molecular weight excluding hydrogens is 580 g/mol. The predicted molar refractivity (Wildman–Crippen MR) is 161 cm³/mol. The molecule has 2 aromatic carbocycles. The molecular formula is C26H37ClN4O5S3. The summed E-state index contributed by atoms with van der Waals surface area (Å²) >= 11 is 1.25. The highest BCUT2D eigenvalue weighted by Crippen LogP contribution is 2.31. The van der Waals surface area contributed by atoms with E-state index in [1.165, 1.54) is 46.0 Å². The second-order valence-corrected chi connectivity index (χ2v) is 14.2. The van der Waals surface area contributed by atoms with Crippen LogP contribution in [0, 0.1) is 0 Å². The van der Waals surface area contributed by atoms with Crippen LogP contribution in [0.15, 0.2) is 52.3 Å². The molecule has 0 aliphatic heterocycles. The molecule has 0 fully saturated rings. The smallest absolute Gasteiger partial charge is 0.260 e. The van der Waals surface area contributed by atoms with Gasteiger partial charge < -0.3 is 4.90 Å². The van der Waals surface area contributed by atoms with Gasteiger partial charge in [-0.2, -0.15) is 0 Å². The third-order valence-corrected chi connectivity index (χ3v) is 10.4. The lowest BCUT2D eigenvalue weighted by Crippen LogP contribution is -2.38. The van der Waals surface area contributed by atoms with E-state index in [2.05, 4.69) is 23.7 Å². The maximum absolute atomic E-state index is 13.7. The summed E-state index contributed by atoms with van der Waals surface area (Å²) in [5.41, 5.74) is 0.949. The van der Waals surface area contributed by atoms with Crippen LogP contribution in [-0.2, 0) is 19.9 Å². The number of carbonyl (C=O) groups excluding carboxylic acids is 1. The fraction of sp³-hybridized carbons (Fsp3) is 0.462. The van der Waals surface area contributed by atoms with E-state index in [9.17, 15) is 21.6 Å². The number of aromatic nitrogens is 1. The molecule has 0 unspecified atom stereocenters. The summed E-state index contributed by atoms with van der Waals surface area (Å²) in [6.07, 6.45) is 2.81. The maximum Gasteiger partial charge on any atom is 0.260 e. The Morgan fingerprint density at radius 3 is 2.08 bits per heavy atom. The molecule has 1 aromatic heterocycles. The molecule has 0 radical (unpaired) electrons. The standard InChI is InChI=1S/C26H36N4O5S3.ClH/c1-6-9-16-28(4)38(34,35)21-12-10-20(11-13-21)25(31)30(18-17-29(7-2)8-3)26-27-23-15-14-22(37(5,32)33)19-24(23)36-26;/h10-15,19H,6-9,16-18H2,1-5H3;1H. The predicted octanol–water partition coefficient (Wildman–Crippen LogP) is 4.53.